The zero-order valence-electron chi connectivity index (χ0n) is 21.7. The van der Waals surface area contributed by atoms with Crippen molar-refractivity contribution in [2.24, 2.45) is 5.73 Å². The Morgan fingerprint density at radius 2 is 1.67 bits per heavy atom. The molecular weight excluding hydrogens is 589 g/mol. The van der Waals surface area contributed by atoms with Crippen LogP contribution in [0.2, 0.25) is 5.02 Å². The molecule has 3 aromatic rings. The predicted octanol–water partition coefficient (Wildman–Crippen LogP) is 3.66. The summed E-state index contributed by atoms with van der Waals surface area (Å²) in [6.45, 7) is 0. The van der Waals surface area contributed by atoms with Crippen LogP contribution in [0.25, 0.3) is 0 Å². The Labute approximate surface area is 240 Å². The van der Waals surface area contributed by atoms with Crippen LogP contribution in [0.15, 0.2) is 54.7 Å². The molecule has 0 aliphatic rings. The Balaban J connectivity index is 0.000000782. The second-order valence-corrected chi connectivity index (χ2v) is 8.27. The van der Waals surface area contributed by atoms with E-state index in [0.29, 0.717) is 22.6 Å². The highest BCUT2D eigenvalue weighted by Crippen LogP contribution is 2.40. The van der Waals surface area contributed by atoms with Gasteiger partial charge in [-0.3, -0.25) is 21.1 Å². The first-order valence-corrected chi connectivity index (χ1v) is 11.7. The van der Waals surface area contributed by atoms with Crippen LogP contribution in [-0.2, 0) is 9.59 Å². The molecule has 0 radical (unpaired) electrons. The number of anilines is 2. The van der Waals surface area contributed by atoms with Crippen molar-refractivity contribution in [1.82, 2.24) is 10.4 Å². The number of carbonyl (C=O) groups is 3. The number of carboxylic acid groups (broad SMARTS) is 2. The summed E-state index contributed by atoms with van der Waals surface area (Å²) in [5, 5.41) is 27.2. The van der Waals surface area contributed by atoms with Gasteiger partial charge in [0.15, 0.2) is 17.3 Å². The van der Waals surface area contributed by atoms with E-state index in [1.54, 1.807) is 36.4 Å². The number of benzene rings is 2. The van der Waals surface area contributed by atoms with Crippen molar-refractivity contribution in [2.75, 3.05) is 25.0 Å². The molecule has 1 atom stereocenters. The van der Waals surface area contributed by atoms with Crippen molar-refractivity contribution < 1.29 is 47.2 Å². The largest absolute Gasteiger partial charge is 0.493 e. The highest BCUT2D eigenvalue weighted by atomic mass is 35.5. The zero-order chi connectivity index (χ0) is 31.6. The predicted molar refractivity (Wildman–Crippen MR) is 145 cm³/mol. The van der Waals surface area contributed by atoms with Crippen molar-refractivity contribution in [3.63, 3.8) is 0 Å². The van der Waals surface area contributed by atoms with Gasteiger partial charge in [-0.1, -0.05) is 17.7 Å². The molecule has 0 aliphatic carbocycles. The number of carbonyl (C=O) groups excluding carboxylic acids is 1. The van der Waals surface area contributed by atoms with Crippen LogP contribution in [0, 0.1) is 5.41 Å². The van der Waals surface area contributed by atoms with Gasteiger partial charge >= 0.3 is 18.1 Å². The molecule has 0 spiro atoms. The second-order valence-electron chi connectivity index (χ2n) is 7.89. The zero-order valence-corrected chi connectivity index (χ0v) is 22.5. The monoisotopic (exact) mass is 612 g/mol. The number of aromatic nitrogens is 1. The van der Waals surface area contributed by atoms with E-state index >= 15 is 0 Å². The number of hydrogen-bond acceptors (Lipinski definition) is 9. The van der Waals surface area contributed by atoms with Gasteiger partial charge in [0.25, 0.3) is 5.91 Å². The Morgan fingerprint density at radius 1 is 1.05 bits per heavy atom. The van der Waals surface area contributed by atoms with E-state index in [4.69, 9.17) is 42.1 Å². The molecule has 0 fully saturated rings. The molecule has 1 aromatic heterocycles. The first-order valence-electron chi connectivity index (χ1n) is 11.4. The van der Waals surface area contributed by atoms with E-state index in [-0.39, 0.29) is 28.0 Å². The Hall–Kier alpha value is -5.25. The van der Waals surface area contributed by atoms with Crippen LogP contribution < -0.4 is 31.4 Å². The van der Waals surface area contributed by atoms with E-state index in [0.717, 1.165) is 0 Å². The van der Waals surface area contributed by atoms with Crippen molar-refractivity contribution in [3.8, 4) is 11.5 Å². The highest BCUT2D eigenvalue weighted by Gasteiger charge is 2.38. The summed E-state index contributed by atoms with van der Waals surface area (Å²) in [6, 6.07) is 11.5. The van der Waals surface area contributed by atoms with Gasteiger partial charge in [0.2, 0.25) is 0 Å². The number of carboxylic acids is 2. The topological polar surface area (TPSA) is 209 Å². The second kappa shape index (κ2) is 14.4. The summed E-state index contributed by atoms with van der Waals surface area (Å²) in [6.07, 6.45) is -3.70. The van der Waals surface area contributed by atoms with Crippen molar-refractivity contribution in [2.45, 2.75) is 12.2 Å². The lowest BCUT2D eigenvalue weighted by Crippen LogP contribution is -2.38. The normalized spacial score (nSPS) is 11.2. The minimum absolute atomic E-state index is 0.0451. The van der Waals surface area contributed by atoms with Crippen LogP contribution in [0.5, 0.6) is 11.5 Å². The van der Waals surface area contributed by atoms with E-state index in [1.807, 2.05) is 0 Å². The molecule has 224 valence electrons. The lowest BCUT2D eigenvalue weighted by Gasteiger charge is -2.23. The van der Waals surface area contributed by atoms with Gasteiger partial charge in [0.05, 0.1) is 19.2 Å². The number of ether oxygens (including phenoxy) is 2. The molecule has 8 N–H and O–H groups in total. The number of pyridine rings is 1. The molecule has 1 unspecified atom stereocenters. The van der Waals surface area contributed by atoms with Gasteiger partial charge in [-0.2, -0.15) is 13.2 Å². The SMILES string of the molecule is COc1ccc(C(Nc2ccc(C(=N)N)cc2)C(=O)NNc2ncccc2C(=O)O)c(Cl)c1OC.O=C(O)C(F)(F)F. The molecule has 17 heteroatoms. The molecular formula is C25H24ClF3N6O7. The number of nitrogens with two attached hydrogens (primary N) is 1. The Kier molecular flexibility index (Phi) is 11.3. The molecule has 0 aliphatic heterocycles. The number of hydrazine groups is 1. The number of nitrogen functional groups attached to an aromatic ring is 1. The minimum atomic E-state index is -5.08. The Morgan fingerprint density at radius 3 is 2.17 bits per heavy atom. The number of rotatable bonds is 10. The number of nitrogens with zero attached hydrogens (tertiary/aromatic N) is 1. The third-order valence-electron chi connectivity index (χ3n) is 5.18. The number of methoxy groups -OCH3 is 2. The van der Waals surface area contributed by atoms with Crippen LogP contribution in [-0.4, -0.2) is 59.3 Å². The van der Waals surface area contributed by atoms with E-state index in [2.05, 4.69) is 21.2 Å². The maximum atomic E-state index is 13.3. The smallest absolute Gasteiger partial charge is 0.490 e. The molecule has 3 rings (SSSR count). The third-order valence-corrected chi connectivity index (χ3v) is 5.57. The third kappa shape index (κ3) is 8.62. The number of amidine groups is 1. The van der Waals surface area contributed by atoms with E-state index in [9.17, 15) is 27.9 Å². The molecule has 42 heavy (non-hydrogen) atoms. The fourth-order valence-electron chi connectivity index (χ4n) is 3.20. The van der Waals surface area contributed by atoms with E-state index < -0.39 is 30.1 Å². The molecule has 1 heterocycles. The summed E-state index contributed by atoms with van der Waals surface area (Å²) >= 11 is 6.57. The average molecular weight is 613 g/mol. The quantitative estimate of drug-likeness (QED) is 0.0997. The fraction of sp³-hybridized carbons (Fsp3) is 0.160. The van der Waals surface area contributed by atoms with Crippen LogP contribution >= 0.6 is 11.6 Å². The van der Waals surface area contributed by atoms with Gasteiger partial charge in [-0.15, -0.1) is 0 Å². The summed E-state index contributed by atoms with van der Waals surface area (Å²) in [5.41, 5.74) is 11.8. The summed E-state index contributed by atoms with van der Waals surface area (Å²) in [5.74, 6) is -4.09. The number of aromatic carboxylic acids is 1. The number of amides is 1. The summed E-state index contributed by atoms with van der Waals surface area (Å²) in [4.78, 5) is 37.6. The Bertz CT molecular complexity index is 1460. The minimum Gasteiger partial charge on any atom is -0.493 e. The first-order chi connectivity index (χ1) is 19.7. The number of hydrogen-bond donors (Lipinski definition) is 7. The average Bonchev–Trinajstić information content (AvgIpc) is 2.94. The summed E-state index contributed by atoms with van der Waals surface area (Å²) < 4.78 is 42.4. The maximum Gasteiger partial charge on any atom is 0.490 e. The first kappa shape index (κ1) is 33.0. The molecule has 13 nitrogen and oxygen atoms in total. The van der Waals surface area contributed by atoms with Crippen LogP contribution in [0.1, 0.15) is 27.5 Å². The van der Waals surface area contributed by atoms with Crippen LogP contribution in [0.4, 0.5) is 24.7 Å². The van der Waals surface area contributed by atoms with Crippen LogP contribution in [0.3, 0.4) is 0 Å². The number of alkyl halides is 3. The van der Waals surface area contributed by atoms with Crippen molar-refractivity contribution in [3.05, 3.63) is 76.4 Å². The molecule has 0 bridgehead atoms. The van der Waals surface area contributed by atoms with Gasteiger partial charge < -0.3 is 30.7 Å². The highest BCUT2D eigenvalue weighted by molar-refractivity contribution is 6.33. The molecule has 2 aromatic carbocycles. The van der Waals surface area contributed by atoms with Gasteiger partial charge in [0, 0.05) is 23.0 Å². The van der Waals surface area contributed by atoms with Gasteiger partial charge in [-0.25, -0.2) is 14.6 Å². The molecule has 1 amide bonds. The summed E-state index contributed by atoms with van der Waals surface area (Å²) in [7, 11) is 2.89. The van der Waals surface area contributed by atoms with Gasteiger partial charge in [0.1, 0.15) is 17.4 Å². The number of halogens is 4. The number of aliphatic carboxylic acids is 1. The van der Waals surface area contributed by atoms with Crippen molar-refractivity contribution >= 4 is 46.8 Å². The standard InChI is InChI=1S/C23H23ClN6O5.C2HF3O2/c1-34-16-10-9-14(17(24)19(16)35-2)18(28-13-7-5-12(6-8-13)20(25)26)22(31)30-29-21-15(23(32)33)4-3-11-27-21;3-2(4,5)1(6)7/h3-11,18,28H,1-2H3,(H3,25,26)(H,27,29)(H,30,31)(H,32,33);(H,6,7). The lowest BCUT2D eigenvalue weighted by atomic mass is 10.0. The fourth-order valence-corrected chi connectivity index (χ4v) is 3.54. The maximum absolute atomic E-state index is 13.3. The van der Waals surface area contributed by atoms with Gasteiger partial charge in [-0.05, 0) is 42.5 Å². The van der Waals surface area contributed by atoms with Crippen molar-refractivity contribution in [1.29, 1.82) is 5.41 Å². The molecule has 0 saturated heterocycles. The van der Waals surface area contributed by atoms with E-state index in [1.165, 1.54) is 32.5 Å². The molecule has 0 saturated carbocycles. The lowest BCUT2D eigenvalue weighted by molar-refractivity contribution is -0.192. The number of nitrogens with one attached hydrogen (secondary N) is 4.